The van der Waals surface area contributed by atoms with Gasteiger partial charge in [-0.1, -0.05) is 11.6 Å². The monoisotopic (exact) mass is 336 g/mol. The molecule has 2 amide bonds. The molecule has 5 nitrogen and oxygen atoms in total. The van der Waals surface area contributed by atoms with Crippen molar-refractivity contribution in [3.63, 3.8) is 0 Å². The standard InChI is InChI=1S/C17H21ClN2O3/c18-14-6-4-13(5-7-14)16(21)19-8-2-9-20(11-10-19)17(22)15-3-1-12-23-15/h4-7,15H,1-3,8-12H2. The number of ether oxygens (including phenoxy) is 1. The number of hydrogen-bond acceptors (Lipinski definition) is 3. The lowest BCUT2D eigenvalue weighted by molar-refractivity contribution is -0.140. The normalized spacial score (nSPS) is 22.0. The number of carbonyl (C=O) groups is 2. The van der Waals surface area contributed by atoms with E-state index >= 15 is 0 Å². The van der Waals surface area contributed by atoms with Crippen LogP contribution in [0.1, 0.15) is 29.6 Å². The molecule has 23 heavy (non-hydrogen) atoms. The third-order valence-electron chi connectivity index (χ3n) is 4.39. The van der Waals surface area contributed by atoms with Crippen molar-refractivity contribution in [1.29, 1.82) is 0 Å². The minimum absolute atomic E-state index is 0.00641. The third kappa shape index (κ3) is 3.85. The fourth-order valence-electron chi connectivity index (χ4n) is 3.09. The smallest absolute Gasteiger partial charge is 0.253 e. The first-order valence-corrected chi connectivity index (χ1v) is 8.48. The predicted octanol–water partition coefficient (Wildman–Crippen LogP) is 2.19. The van der Waals surface area contributed by atoms with Crippen LogP contribution in [0.25, 0.3) is 0 Å². The van der Waals surface area contributed by atoms with Gasteiger partial charge >= 0.3 is 0 Å². The van der Waals surface area contributed by atoms with Gasteiger partial charge in [-0.2, -0.15) is 0 Å². The number of halogens is 1. The number of hydrogen-bond donors (Lipinski definition) is 0. The Morgan fingerprint density at radius 2 is 1.70 bits per heavy atom. The minimum atomic E-state index is -0.284. The molecule has 2 saturated heterocycles. The van der Waals surface area contributed by atoms with E-state index in [-0.39, 0.29) is 17.9 Å². The van der Waals surface area contributed by atoms with Crippen LogP contribution in [0.4, 0.5) is 0 Å². The first-order valence-electron chi connectivity index (χ1n) is 8.10. The second-order valence-corrected chi connectivity index (χ2v) is 6.42. The number of nitrogens with zero attached hydrogens (tertiary/aromatic N) is 2. The average Bonchev–Trinajstić information content (AvgIpc) is 2.99. The van der Waals surface area contributed by atoms with Crippen molar-refractivity contribution in [2.45, 2.75) is 25.4 Å². The lowest BCUT2D eigenvalue weighted by atomic mass is 10.2. The van der Waals surface area contributed by atoms with Gasteiger partial charge in [0.05, 0.1) is 0 Å². The van der Waals surface area contributed by atoms with Crippen molar-refractivity contribution in [1.82, 2.24) is 9.80 Å². The van der Waals surface area contributed by atoms with Crippen molar-refractivity contribution in [2.24, 2.45) is 0 Å². The molecule has 2 heterocycles. The maximum Gasteiger partial charge on any atom is 0.253 e. The Hall–Kier alpha value is -1.59. The molecule has 1 aromatic rings. The summed E-state index contributed by atoms with van der Waals surface area (Å²) in [6.07, 6.45) is 2.26. The van der Waals surface area contributed by atoms with Crippen molar-refractivity contribution in [3.8, 4) is 0 Å². The van der Waals surface area contributed by atoms with Gasteiger partial charge in [0.25, 0.3) is 11.8 Å². The molecule has 2 aliphatic heterocycles. The van der Waals surface area contributed by atoms with Gasteiger partial charge in [-0.05, 0) is 43.5 Å². The molecule has 0 N–H and O–H groups in total. The Labute approximate surface area is 141 Å². The first kappa shape index (κ1) is 16.3. The molecule has 0 bridgehead atoms. The van der Waals surface area contributed by atoms with E-state index in [0.717, 1.165) is 19.3 Å². The summed E-state index contributed by atoms with van der Waals surface area (Å²) in [4.78, 5) is 28.6. The summed E-state index contributed by atoms with van der Waals surface area (Å²) in [6.45, 7) is 3.14. The van der Waals surface area contributed by atoms with Gasteiger partial charge in [0.15, 0.2) is 0 Å². The van der Waals surface area contributed by atoms with E-state index in [9.17, 15) is 9.59 Å². The van der Waals surface area contributed by atoms with E-state index in [2.05, 4.69) is 0 Å². The maximum absolute atomic E-state index is 12.6. The highest BCUT2D eigenvalue weighted by Crippen LogP contribution is 2.17. The molecule has 0 radical (unpaired) electrons. The number of amides is 2. The topological polar surface area (TPSA) is 49.9 Å². The summed E-state index contributed by atoms with van der Waals surface area (Å²) in [6, 6.07) is 6.93. The van der Waals surface area contributed by atoms with Crippen LogP contribution < -0.4 is 0 Å². The SMILES string of the molecule is O=C(c1ccc(Cl)cc1)N1CCCN(C(=O)C2CCCO2)CC1. The highest BCUT2D eigenvalue weighted by Gasteiger charge is 2.30. The summed E-state index contributed by atoms with van der Waals surface area (Å²) in [7, 11) is 0. The Kier molecular flexibility index (Phi) is 5.18. The van der Waals surface area contributed by atoms with Gasteiger partial charge in [0, 0.05) is 43.4 Å². The molecule has 0 aliphatic carbocycles. The van der Waals surface area contributed by atoms with E-state index in [1.54, 1.807) is 24.3 Å². The first-order chi connectivity index (χ1) is 11.1. The van der Waals surface area contributed by atoms with Crippen LogP contribution in [0.15, 0.2) is 24.3 Å². The van der Waals surface area contributed by atoms with Crippen molar-refractivity contribution < 1.29 is 14.3 Å². The van der Waals surface area contributed by atoms with Gasteiger partial charge < -0.3 is 14.5 Å². The number of benzene rings is 1. The van der Waals surface area contributed by atoms with E-state index in [4.69, 9.17) is 16.3 Å². The highest BCUT2D eigenvalue weighted by atomic mass is 35.5. The quantitative estimate of drug-likeness (QED) is 0.832. The summed E-state index contributed by atoms with van der Waals surface area (Å²) >= 11 is 5.86. The molecule has 2 aliphatic rings. The van der Waals surface area contributed by atoms with E-state index < -0.39 is 0 Å². The molecule has 3 rings (SSSR count). The maximum atomic E-state index is 12.6. The van der Waals surface area contributed by atoms with Crippen LogP contribution in [-0.4, -0.2) is 60.5 Å². The molecule has 1 unspecified atom stereocenters. The van der Waals surface area contributed by atoms with Gasteiger partial charge in [-0.3, -0.25) is 9.59 Å². The van der Waals surface area contributed by atoms with E-state index in [0.29, 0.717) is 43.4 Å². The molecule has 2 fully saturated rings. The average molecular weight is 337 g/mol. The predicted molar refractivity (Wildman–Crippen MR) is 87.5 cm³/mol. The lowest BCUT2D eigenvalue weighted by Crippen LogP contribution is -2.41. The molecule has 6 heteroatoms. The van der Waals surface area contributed by atoms with Crippen LogP contribution in [-0.2, 0) is 9.53 Å². The number of rotatable bonds is 2. The zero-order chi connectivity index (χ0) is 16.2. The van der Waals surface area contributed by atoms with Crippen molar-refractivity contribution >= 4 is 23.4 Å². The van der Waals surface area contributed by atoms with Crippen molar-refractivity contribution in [2.75, 3.05) is 32.8 Å². The van der Waals surface area contributed by atoms with Gasteiger partial charge in [-0.25, -0.2) is 0 Å². The molecule has 0 spiro atoms. The fraction of sp³-hybridized carbons (Fsp3) is 0.529. The zero-order valence-electron chi connectivity index (χ0n) is 13.0. The molecule has 0 saturated carbocycles. The Bertz CT molecular complexity index is 570. The van der Waals surface area contributed by atoms with Gasteiger partial charge in [0.1, 0.15) is 6.10 Å². The summed E-state index contributed by atoms with van der Waals surface area (Å²) < 4.78 is 5.48. The van der Waals surface area contributed by atoms with Crippen LogP contribution >= 0.6 is 11.6 Å². The molecular weight excluding hydrogens is 316 g/mol. The van der Waals surface area contributed by atoms with Crippen LogP contribution in [0, 0.1) is 0 Å². The molecule has 124 valence electrons. The molecular formula is C17H21ClN2O3. The summed E-state index contributed by atoms with van der Waals surface area (Å²) in [5, 5.41) is 0.616. The molecule has 1 aromatic carbocycles. The van der Waals surface area contributed by atoms with E-state index in [1.165, 1.54) is 0 Å². The summed E-state index contributed by atoms with van der Waals surface area (Å²) in [5.41, 5.74) is 0.633. The second kappa shape index (κ2) is 7.32. The molecule has 0 aromatic heterocycles. The largest absolute Gasteiger partial charge is 0.368 e. The van der Waals surface area contributed by atoms with Crippen LogP contribution in [0.3, 0.4) is 0 Å². The number of carbonyl (C=O) groups excluding carboxylic acids is 2. The highest BCUT2D eigenvalue weighted by molar-refractivity contribution is 6.30. The minimum Gasteiger partial charge on any atom is -0.368 e. The molecule has 1 atom stereocenters. The lowest BCUT2D eigenvalue weighted by Gasteiger charge is -2.24. The van der Waals surface area contributed by atoms with E-state index in [1.807, 2.05) is 9.80 Å². The van der Waals surface area contributed by atoms with Crippen LogP contribution in [0.2, 0.25) is 5.02 Å². The Morgan fingerprint density at radius 3 is 2.39 bits per heavy atom. The third-order valence-corrected chi connectivity index (χ3v) is 4.64. The van der Waals surface area contributed by atoms with Gasteiger partial charge in [0.2, 0.25) is 0 Å². The van der Waals surface area contributed by atoms with Crippen LogP contribution in [0.5, 0.6) is 0 Å². The zero-order valence-corrected chi connectivity index (χ0v) is 13.8. The Morgan fingerprint density at radius 1 is 1.00 bits per heavy atom. The van der Waals surface area contributed by atoms with Gasteiger partial charge in [-0.15, -0.1) is 0 Å². The Balaban J connectivity index is 1.60. The summed E-state index contributed by atoms with van der Waals surface area (Å²) in [5.74, 6) is 0.0661. The fourth-order valence-corrected chi connectivity index (χ4v) is 3.22. The van der Waals surface area contributed by atoms with Crippen molar-refractivity contribution in [3.05, 3.63) is 34.9 Å². The second-order valence-electron chi connectivity index (χ2n) is 5.98.